The Hall–Kier alpha value is -2.66. The van der Waals surface area contributed by atoms with Gasteiger partial charge in [-0.15, -0.1) is 0 Å². The summed E-state index contributed by atoms with van der Waals surface area (Å²) in [5.41, 5.74) is 2.07. The molecule has 0 amide bonds. The maximum Gasteiger partial charge on any atom is 0.125 e. The molecule has 156 valence electrons. The molecule has 2 aromatic carbocycles. The van der Waals surface area contributed by atoms with Crippen molar-refractivity contribution in [1.82, 2.24) is 9.80 Å². The number of benzene rings is 2. The van der Waals surface area contributed by atoms with Gasteiger partial charge in [-0.2, -0.15) is 10.5 Å². The topological polar surface area (TPSA) is 54.1 Å². The van der Waals surface area contributed by atoms with Crippen molar-refractivity contribution < 1.29 is 0 Å². The van der Waals surface area contributed by atoms with E-state index in [2.05, 4.69) is 28.9 Å². The molecular weight excluding hydrogens is 368 g/mol. The highest BCUT2D eigenvalue weighted by molar-refractivity contribution is 5.26. The van der Waals surface area contributed by atoms with Gasteiger partial charge in [-0.05, 0) is 24.0 Å². The second-order valence-corrected chi connectivity index (χ2v) is 8.04. The quantitative estimate of drug-likeness (QED) is 0.498. The summed E-state index contributed by atoms with van der Waals surface area (Å²) in [6.45, 7) is 3.99. The Bertz CT molecular complexity index is 771. The lowest BCUT2D eigenvalue weighted by Gasteiger charge is -2.47. The highest BCUT2D eigenvalue weighted by Crippen LogP contribution is 2.34. The number of hydrogen-bond donors (Lipinski definition) is 0. The SMILES string of the molecule is CCCCCCC1N([C@@H](C#N)c2ccccc2)CCCN1[C@@H](C#N)c1ccccc1. The average Bonchev–Trinajstić information content (AvgIpc) is 2.80. The van der Waals surface area contributed by atoms with E-state index in [0.717, 1.165) is 43.5 Å². The molecule has 0 radical (unpaired) electrons. The number of rotatable bonds is 9. The van der Waals surface area contributed by atoms with E-state index in [-0.39, 0.29) is 18.2 Å². The van der Waals surface area contributed by atoms with E-state index in [4.69, 9.17) is 0 Å². The van der Waals surface area contributed by atoms with Crippen molar-refractivity contribution in [3.8, 4) is 12.1 Å². The van der Waals surface area contributed by atoms with Gasteiger partial charge < -0.3 is 0 Å². The predicted molar refractivity (Wildman–Crippen MR) is 120 cm³/mol. The second kappa shape index (κ2) is 11.5. The van der Waals surface area contributed by atoms with Gasteiger partial charge in [0.1, 0.15) is 12.1 Å². The van der Waals surface area contributed by atoms with Crippen molar-refractivity contribution in [3.63, 3.8) is 0 Å². The zero-order chi connectivity index (χ0) is 21.2. The Balaban J connectivity index is 1.91. The highest BCUT2D eigenvalue weighted by atomic mass is 15.4. The minimum absolute atomic E-state index is 0.0883. The molecule has 3 rings (SSSR count). The summed E-state index contributed by atoms with van der Waals surface area (Å²) in [7, 11) is 0. The van der Waals surface area contributed by atoms with Gasteiger partial charge in [-0.1, -0.05) is 93.3 Å². The predicted octanol–water partition coefficient (Wildman–Crippen LogP) is 5.82. The highest BCUT2D eigenvalue weighted by Gasteiger charge is 2.38. The molecule has 0 N–H and O–H groups in total. The van der Waals surface area contributed by atoms with Gasteiger partial charge in [0, 0.05) is 13.1 Å². The van der Waals surface area contributed by atoms with Crippen LogP contribution in [0.4, 0.5) is 0 Å². The number of nitriles is 2. The Labute approximate surface area is 181 Å². The summed E-state index contributed by atoms with van der Waals surface area (Å²) < 4.78 is 0. The van der Waals surface area contributed by atoms with Crippen molar-refractivity contribution >= 4 is 0 Å². The van der Waals surface area contributed by atoms with Gasteiger partial charge >= 0.3 is 0 Å². The monoisotopic (exact) mass is 400 g/mol. The Morgan fingerprint density at radius 1 is 0.800 bits per heavy atom. The second-order valence-electron chi connectivity index (χ2n) is 8.04. The largest absolute Gasteiger partial charge is 0.268 e. The van der Waals surface area contributed by atoms with Crippen LogP contribution in [-0.4, -0.2) is 29.1 Å². The van der Waals surface area contributed by atoms with Crippen molar-refractivity contribution in [2.24, 2.45) is 0 Å². The van der Waals surface area contributed by atoms with Gasteiger partial charge in [-0.25, -0.2) is 0 Å². The smallest absolute Gasteiger partial charge is 0.125 e. The van der Waals surface area contributed by atoms with Gasteiger partial charge in [0.15, 0.2) is 0 Å². The van der Waals surface area contributed by atoms with E-state index in [1.807, 2.05) is 60.7 Å². The Morgan fingerprint density at radius 3 is 1.73 bits per heavy atom. The van der Waals surface area contributed by atoms with Gasteiger partial charge in [-0.3, -0.25) is 9.80 Å². The minimum Gasteiger partial charge on any atom is -0.268 e. The van der Waals surface area contributed by atoms with Crippen molar-refractivity contribution in [3.05, 3.63) is 71.8 Å². The zero-order valence-electron chi connectivity index (χ0n) is 18.0. The molecule has 0 unspecified atom stereocenters. The summed E-state index contributed by atoms with van der Waals surface area (Å²) >= 11 is 0. The van der Waals surface area contributed by atoms with Gasteiger partial charge in [0.25, 0.3) is 0 Å². The summed E-state index contributed by atoms with van der Waals surface area (Å²) in [5.74, 6) is 0. The fraction of sp³-hybridized carbons (Fsp3) is 0.462. The standard InChI is InChI=1S/C26H32N4/c1-2-3-4-11-17-26-29(24(20-27)22-13-7-5-8-14-22)18-12-19-30(26)25(21-28)23-15-9-6-10-16-23/h5-10,13-16,24-26H,2-4,11-12,17-19H2,1H3/t24-,25-/m0/s1. The molecule has 1 aliphatic heterocycles. The molecule has 1 aliphatic rings. The lowest BCUT2D eigenvalue weighted by Crippen LogP contribution is -2.55. The van der Waals surface area contributed by atoms with Crippen LogP contribution in [0.15, 0.2) is 60.7 Å². The summed E-state index contributed by atoms with van der Waals surface area (Å²) in [4.78, 5) is 4.66. The normalized spacial score (nSPS) is 17.7. The van der Waals surface area contributed by atoms with E-state index in [1.54, 1.807) is 0 Å². The van der Waals surface area contributed by atoms with Crippen LogP contribution < -0.4 is 0 Å². The fourth-order valence-electron chi connectivity index (χ4n) is 4.56. The van der Waals surface area contributed by atoms with E-state index in [0.29, 0.717) is 0 Å². The first-order valence-corrected chi connectivity index (χ1v) is 11.2. The molecule has 0 spiro atoms. The van der Waals surface area contributed by atoms with Crippen LogP contribution in [0.1, 0.15) is 68.7 Å². The van der Waals surface area contributed by atoms with Crippen molar-refractivity contribution in [1.29, 1.82) is 10.5 Å². The number of nitrogens with zero attached hydrogens (tertiary/aromatic N) is 4. The fourth-order valence-corrected chi connectivity index (χ4v) is 4.56. The molecule has 2 aromatic rings. The van der Waals surface area contributed by atoms with Crippen LogP contribution in [0.5, 0.6) is 0 Å². The maximum absolute atomic E-state index is 10.1. The first-order chi connectivity index (χ1) is 14.8. The van der Waals surface area contributed by atoms with Gasteiger partial charge in [0.2, 0.25) is 0 Å². The van der Waals surface area contributed by atoms with Crippen LogP contribution in [0, 0.1) is 22.7 Å². The summed E-state index contributed by atoms with van der Waals surface area (Å²) in [5, 5.41) is 20.2. The molecule has 30 heavy (non-hydrogen) atoms. The molecular formula is C26H32N4. The van der Waals surface area contributed by atoms with Crippen LogP contribution in [-0.2, 0) is 0 Å². The third-order valence-electron chi connectivity index (χ3n) is 6.05. The van der Waals surface area contributed by atoms with E-state index in [9.17, 15) is 10.5 Å². The summed E-state index contributed by atoms with van der Waals surface area (Å²) in [6, 6.07) is 24.7. The Kier molecular flexibility index (Phi) is 8.45. The molecule has 0 aliphatic carbocycles. The molecule has 1 fully saturated rings. The first kappa shape index (κ1) is 22.0. The van der Waals surface area contributed by atoms with Gasteiger partial charge in [0.05, 0.1) is 18.3 Å². The molecule has 1 saturated heterocycles. The van der Waals surface area contributed by atoms with Crippen LogP contribution in [0.25, 0.3) is 0 Å². The third kappa shape index (κ3) is 5.28. The maximum atomic E-state index is 10.1. The molecule has 2 atom stereocenters. The third-order valence-corrected chi connectivity index (χ3v) is 6.05. The Morgan fingerprint density at radius 2 is 1.30 bits per heavy atom. The lowest BCUT2D eigenvalue weighted by atomic mass is 9.97. The molecule has 4 heteroatoms. The molecule has 0 bridgehead atoms. The molecule has 4 nitrogen and oxygen atoms in total. The minimum atomic E-state index is -0.291. The average molecular weight is 401 g/mol. The summed E-state index contributed by atoms with van der Waals surface area (Å²) in [6.07, 6.45) is 6.77. The van der Waals surface area contributed by atoms with E-state index >= 15 is 0 Å². The molecule has 0 aromatic heterocycles. The molecule has 1 heterocycles. The first-order valence-electron chi connectivity index (χ1n) is 11.2. The number of hydrogen-bond acceptors (Lipinski definition) is 4. The van der Waals surface area contributed by atoms with Crippen LogP contribution in [0.3, 0.4) is 0 Å². The van der Waals surface area contributed by atoms with E-state index in [1.165, 1.54) is 19.3 Å². The van der Waals surface area contributed by atoms with Crippen LogP contribution >= 0.6 is 0 Å². The lowest BCUT2D eigenvalue weighted by molar-refractivity contribution is -0.0321. The number of unbranched alkanes of at least 4 members (excludes halogenated alkanes) is 3. The van der Waals surface area contributed by atoms with Crippen LogP contribution in [0.2, 0.25) is 0 Å². The van der Waals surface area contributed by atoms with Crippen molar-refractivity contribution in [2.45, 2.75) is 63.7 Å². The zero-order valence-corrected chi connectivity index (χ0v) is 18.0. The van der Waals surface area contributed by atoms with Crippen molar-refractivity contribution in [2.75, 3.05) is 13.1 Å². The molecule has 0 saturated carbocycles. The van der Waals surface area contributed by atoms with E-state index < -0.39 is 0 Å².